The van der Waals surface area contributed by atoms with Crippen molar-refractivity contribution < 1.29 is 4.39 Å². The van der Waals surface area contributed by atoms with E-state index in [0.29, 0.717) is 5.02 Å². The van der Waals surface area contributed by atoms with Crippen molar-refractivity contribution in [2.45, 2.75) is 0 Å². The molecule has 0 saturated heterocycles. The van der Waals surface area contributed by atoms with Crippen LogP contribution in [0.1, 0.15) is 0 Å². The van der Waals surface area contributed by atoms with Gasteiger partial charge >= 0.3 is 0 Å². The van der Waals surface area contributed by atoms with E-state index in [1.807, 2.05) is 0 Å². The number of nitrogens with two attached hydrogens (primary N) is 1. The van der Waals surface area contributed by atoms with Gasteiger partial charge in [0, 0.05) is 5.02 Å². The topological polar surface area (TPSA) is 63.8 Å². The molecule has 0 aliphatic heterocycles. The quantitative estimate of drug-likeness (QED) is 0.881. The first-order chi connectivity index (χ1) is 8.08. The van der Waals surface area contributed by atoms with Crippen molar-refractivity contribution in [3.8, 4) is 0 Å². The van der Waals surface area contributed by atoms with E-state index in [0.717, 1.165) is 0 Å². The number of benzene rings is 1. The molecule has 0 fully saturated rings. The zero-order chi connectivity index (χ0) is 12.4. The summed E-state index contributed by atoms with van der Waals surface area (Å²) in [5, 5.41) is 3.16. The molecule has 4 nitrogen and oxygen atoms in total. The molecular weight excluding hydrogens is 266 g/mol. The summed E-state index contributed by atoms with van der Waals surface area (Å²) >= 11 is 11.5. The third-order valence-corrected chi connectivity index (χ3v) is 2.61. The van der Waals surface area contributed by atoms with Gasteiger partial charge in [-0.15, -0.1) is 0 Å². The van der Waals surface area contributed by atoms with Crippen molar-refractivity contribution in [1.29, 1.82) is 0 Å². The lowest BCUT2D eigenvalue weighted by molar-refractivity contribution is 0.632. The minimum absolute atomic E-state index is 0.124. The molecule has 1 aromatic heterocycles. The van der Waals surface area contributed by atoms with Crippen LogP contribution in [0.15, 0.2) is 24.5 Å². The van der Waals surface area contributed by atoms with E-state index in [1.165, 1.54) is 18.5 Å². The van der Waals surface area contributed by atoms with Gasteiger partial charge in [-0.1, -0.05) is 23.2 Å². The Kier molecular flexibility index (Phi) is 3.31. The highest BCUT2D eigenvalue weighted by molar-refractivity contribution is 6.35. The van der Waals surface area contributed by atoms with Crippen molar-refractivity contribution in [3.05, 3.63) is 40.4 Å². The summed E-state index contributed by atoms with van der Waals surface area (Å²) < 4.78 is 13.5. The molecule has 0 atom stereocenters. The lowest BCUT2D eigenvalue weighted by Gasteiger charge is -2.08. The Morgan fingerprint density at radius 1 is 1.24 bits per heavy atom. The van der Waals surface area contributed by atoms with Crippen LogP contribution in [-0.2, 0) is 0 Å². The lowest BCUT2D eigenvalue weighted by Crippen LogP contribution is -2.00. The van der Waals surface area contributed by atoms with Gasteiger partial charge in [-0.3, -0.25) is 0 Å². The number of nitrogens with one attached hydrogen (secondary N) is 1. The molecule has 1 heterocycles. The summed E-state index contributed by atoms with van der Waals surface area (Å²) in [5.41, 5.74) is 5.70. The monoisotopic (exact) mass is 272 g/mol. The molecule has 1 aromatic carbocycles. The molecule has 2 aromatic rings. The largest absolute Gasteiger partial charge is 0.382 e. The zero-order valence-corrected chi connectivity index (χ0v) is 9.93. The van der Waals surface area contributed by atoms with Crippen molar-refractivity contribution in [2.24, 2.45) is 0 Å². The molecule has 0 unspecified atom stereocenters. The second-order valence-electron chi connectivity index (χ2n) is 3.17. The normalized spacial score (nSPS) is 10.3. The van der Waals surface area contributed by atoms with Crippen LogP contribution in [0.3, 0.4) is 0 Å². The molecule has 0 radical (unpaired) electrons. The van der Waals surface area contributed by atoms with Crippen LogP contribution in [0, 0.1) is 5.82 Å². The summed E-state index contributed by atoms with van der Waals surface area (Å²) in [7, 11) is 0. The Balaban J connectivity index is 2.35. The van der Waals surface area contributed by atoms with Gasteiger partial charge < -0.3 is 11.1 Å². The number of aromatic nitrogens is 2. The maximum atomic E-state index is 13.5. The van der Waals surface area contributed by atoms with Crippen LogP contribution in [0.25, 0.3) is 0 Å². The van der Waals surface area contributed by atoms with Crippen LogP contribution < -0.4 is 11.1 Å². The lowest BCUT2D eigenvalue weighted by atomic mass is 10.3. The molecule has 88 valence electrons. The Labute approximate surface area is 107 Å². The summed E-state index contributed by atoms with van der Waals surface area (Å²) in [6.45, 7) is 0. The molecule has 0 spiro atoms. The minimum atomic E-state index is -0.509. The minimum Gasteiger partial charge on any atom is -0.382 e. The summed E-state index contributed by atoms with van der Waals surface area (Å²) in [6, 6.07) is 4.21. The van der Waals surface area contributed by atoms with Crippen LogP contribution in [0.2, 0.25) is 10.0 Å². The van der Waals surface area contributed by atoms with E-state index in [-0.39, 0.29) is 22.3 Å². The smallest absolute Gasteiger partial charge is 0.154 e. The SMILES string of the molecule is Nc1ncnc(Nc2ccc(Cl)cc2F)c1Cl. The average molecular weight is 273 g/mol. The zero-order valence-electron chi connectivity index (χ0n) is 8.42. The number of hydrogen-bond acceptors (Lipinski definition) is 4. The maximum absolute atomic E-state index is 13.5. The third kappa shape index (κ3) is 2.57. The fraction of sp³-hybridized carbons (Fsp3) is 0. The molecular formula is C10H7Cl2FN4. The Morgan fingerprint density at radius 2 is 2.00 bits per heavy atom. The first kappa shape index (κ1) is 11.9. The number of hydrogen-bond donors (Lipinski definition) is 2. The molecule has 0 aliphatic carbocycles. The Morgan fingerprint density at radius 3 is 2.71 bits per heavy atom. The van der Waals surface area contributed by atoms with E-state index >= 15 is 0 Å². The number of halogens is 3. The number of anilines is 3. The van der Waals surface area contributed by atoms with Crippen molar-refractivity contribution in [1.82, 2.24) is 9.97 Å². The van der Waals surface area contributed by atoms with Gasteiger partial charge in [-0.25, -0.2) is 14.4 Å². The summed E-state index contributed by atoms with van der Waals surface area (Å²) in [4.78, 5) is 7.56. The van der Waals surface area contributed by atoms with Crippen molar-refractivity contribution >= 4 is 40.5 Å². The summed E-state index contributed by atoms with van der Waals surface area (Å²) in [6.07, 6.45) is 1.23. The predicted octanol–water partition coefficient (Wildman–Crippen LogP) is 3.25. The molecule has 0 bridgehead atoms. The fourth-order valence-corrected chi connectivity index (χ4v) is 1.49. The maximum Gasteiger partial charge on any atom is 0.154 e. The van der Waals surface area contributed by atoms with E-state index in [4.69, 9.17) is 28.9 Å². The summed E-state index contributed by atoms with van der Waals surface area (Å²) in [5.74, 6) is -0.148. The predicted molar refractivity (Wildman–Crippen MR) is 66.1 cm³/mol. The molecule has 2 rings (SSSR count). The van der Waals surface area contributed by atoms with Gasteiger partial charge in [0.25, 0.3) is 0 Å². The number of rotatable bonds is 2. The number of nitrogen functional groups attached to an aromatic ring is 1. The van der Waals surface area contributed by atoms with Crippen LogP contribution in [0.4, 0.5) is 21.7 Å². The van der Waals surface area contributed by atoms with Crippen LogP contribution in [-0.4, -0.2) is 9.97 Å². The fourth-order valence-electron chi connectivity index (χ4n) is 1.19. The van der Waals surface area contributed by atoms with Crippen molar-refractivity contribution in [3.63, 3.8) is 0 Å². The molecule has 0 aliphatic rings. The van der Waals surface area contributed by atoms with Gasteiger partial charge in [-0.2, -0.15) is 0 Å². The van der Waals surface area contributed by atoms with E-state index < -0.39 is 5.82 Å². The Bertz CT molecular complexity index is 562. The highest BCUT2D eigenvalue weighted by Crippen LogP contribution is 2.28. The van der Waals surface area contributed by atoms with E-state index in [2.05, 4.69) is 15.3 Å². The molecule has 17 heavy (non-hydrogen) atoms. The second-order valence-corrected chi connectivity index (χ2v) is 3.99. The van der Waals surface area contributed by atoms with Gasteiger partial charge in [0.1, 0.15) is 23.0 Å². The van der Waals surface area contributed by atoms with Gasteiger partial charge in [0.2, 0.25) is 0 Å². The first-order valence-corrected chi connectivity index (χ1v) is 5.31. The third-order valence-electron chi connectivity index (χ3n) is 2.00. The molecule has 0 saturated carbocycles. The standard InChI is InChI=1S/C10H7Cl2FN4/c11-5-1-2-7(6(13)3-5)17-10-8(12)9(14)15-4-16-10/h1-4H,(H3,14,15,16,17). The highest BCUT2D eigenvalue weighted by Gasteiger charge is 2.09. The number of nitrogens with zero attached hydrogens (tertiary/aromatic N) is 2. The second kappa shape index (κ2) is 4.73. The van der Waals surface area contributed by atoms with Crippen LogP contribution >= 0.6 is 23.2 Å². The Hall–Kier alpha value is -1.59. The molecule has 3 N–H and O–H groups in total. The van der Waals surface area contributed by atoms with Gasteiger partial charge in [-0.05, 0) is 18.2 Å². The average Bonchev–Trinajstić information content (AvgIpc) is 2.28. The van der Waals surface area contributed by atoms with Crippen molar-refractivity contribution in [2.75, 3.05) is 11.1 Å². The van der Waals surface area contributed by atoms with Gasteiger partial charge in [0.15, 0.2) is 5.82 Å². The molecule has 0 amide bonds. The van der Waals surface area contributed by atoms with Gasteiger partial charge in [0.05, 0.1) is 5.69 Å². The molecule has 7 heteroatoms. The highest BCUT2D eigenvalue weighted by atomic mass is 35.5. The van der Waals surface area contributed by atoms with E-state index in [1.54, 1.807) is 6.07 Å². The van der Waals surface area contributed by atoms with E-state index in [9.17, 15) is 4.39 Å². The first-order valence-electron chi connectivity index (χ1n) is 4.56. The van der Waals surface area contributed by atoms with Crippen LogP contribution in [0.5, 0.6) is 0 Å².